The molecule has 47 heavy (non-hydrogen) atoms. The molecule has 11 heteroatoms. The van der Waals surface area contributed by atoms with E-state index in [0.717, 1.165) is 11.1 Å². The summed E-state index contributed by atoms with van der Waals surface area (Å²) >= 11 is 0. The number of nitrogens with one attached hydrogen (secondary N) is 3. The Hall–Kier alpha value is -4.41. The molecule has 2 rings (SSSR count). The number of rotatable bonds is 15. The van der Waals surface area contributed by atoms with Crippen molar-refractivity contribution in [1.82, 2.24) is 16.0 Å². The Morgan fingerprint density at radius 1 is 0.660 bits per heavy atom. The summed E-state index contributed by atoms with van der Waals surface area (Å²) in [6.45, 7) is 14.1. The van der Waals surface area contributed by atoms with E-state index in [1.54, 1.807) is 41.5 Å². The van der Waals surface area contributed by atoms with Crippen LogP contribution in [0.4, 0.5) is 4.79 Å². The lowest BCUT2D eigenvalue weighted by Crippen LogP contribution is -2.57. The lowest BCUT2D eigenvalue weighted by molar-refractivity contribution is -0.160. The molecule has 2 aromatic carbocycles. The quantitative estimate of drug-likeness (QED) is 0.180. The molecule has 0 heterocycles. The van der Waals surface area contributed by atoms with Crippen LogP contribution >= 0.6 is 0 Å². The molecular weight excluding hydrogens is 602 g/mol. The van der Waals surface area contributed by atoms with Gasteiger partial charge in [0.05, 0.1) is 0 Å². The molecule has 0 bridgehead atoms. The normalized spacial score (nSPS) is 13.5. The molecule has 3 unspecified atom stereocenters. The summed E-state index contributed by atoms with van der Waals surface area (Å²) in [5, 5.41) is 8.10. The minimum Gasteiger partial charge on any atom is -0.460 e. The Bertz CT molecular complexity index is 1320. The van der Waals surface area contributed by atoms with Gasteiger partial charge in [-0.25, -0.2) is 9.59 Å². The van der Waals surface area contributed by atoms with Crippen LogP contribution in [0, 0.1) is 5.92 Å². The molecular formula is C36H51N3O8. The van der Waals surface area contributed by atoms with Gasteiger partial charge in [-0.2, -0.15) is 0 Å². The van der Waals surface area contributed by atoms with Crippen molar-refractivity contribution in [3.05, 3.63) is 71.8 Å². The number of amides is 3. The Kier molecular flexibility index (Phi) is 14.9. The highest BCUT2D eigenvalue weighted by atomic mass is 16.6. The van der Waals surface area contributed by atoms with E-state index in [2.05, 4.69) is 16.0 Å². The molecule has 0 saturated carbocycles. The predicted octanol–water partition coefficient (Wildman–Crippen LogP) is 5.00. The molecule has 258 valence electrons. The minimum absolute atomic E-state index is 0.0140. The molecule has 0 aliphatic heterocycles. The van der Waals surface area contributed by atoms with E-state index in [9.17, 15) is 24.0 Å². The number of benzene rings is 2. The van der Waals surface area contributed by atoms with Gasteiger partial charge < -0.3 is 30.2 Å². The molecule has 0 aliphatic rings. The molecule has 0 radical (unpaired) electrons. The van der Waals surface area contributed by atoms with Crippen LogP contribution in [0.15, 0.2) is 60.7 Å². The zero-order chi connectivity index (χ0) is 35.2. The molecule has 11 nitrogen and oxygen atoms in total. The van der Waals surface area contributed by atoms with Crippen LogP contribution in [0.1, 0.15) is 85.8 Å². The third-order valence-electron chi connectivity index (χ3n) is 6.51. The topological polar surface area (TPSA) is 149 Å². The van der Waals surface area contributed by atoms with E-state index < -0.39 is 59.2 Å². The highest BCUT2D eigenvalue weighted by molar-refractivity contribution is 5.93. The highest BCUT2D eigenvalue weighted by Crippen LogP contribution is 2.15. The molecule has 0 fully saturated rings. The monoisotopic (exact) mass is 653 g/mol. The van der Waals surface area contributed by atoms with Crippen molar-refractivity contribution in [3.63, 3.8) is 0 Å². The SMILES string of the molecule is CC(C)CC(NC(=O)C(Cc1ccccc1)NC(=O)OCc1ccccc1)C(=O)NC(CCC(=O)OC(C)(C)C)C(=O)OC(C)(C)C. The third kappa shape index (κ3) is 16.1. The van der Waals surface area contributed by atoms with Crippen LogP contribution in [0.5, 0.6) is 0 Å². The van der Waals surface area contributed by atoms with Crippen LogP contribution < -0.4 is 16.0 Å². The summed E-state index contributed by atoms with van der Waals surface area (Å²) in [5.74, 6) is -2.50. The zero-order valence-electron chi connectivity index (χ0n) is 28.9. The van der Waals surface area contributed by atoms with Gasteiger partial charge in [0.25, 0.3) is 0 Å². The Morgan fingerprint density at radius 2 is 1.17 bits per heavy atom. The van der Waals surface area contributed by atoms with E-state index >= 15 is 0 Å². The van der Waals surface area contributed by atoms with Crippen LogP contribution in [-0.2, 0) is 46.4 Å². The van der Waals surface area contributed by atoms with Gasteiger partial charge >= 0.3 is 18.0 Å². The molecule has 3 atom stereocenters. The van der Waals surface area contributed by atoms with E-state index in [1.807, 2.05) is 74.5 Å². The summed E-state index contributed by atoms with van der Waals surface area (Å²) in [6.07, 6.45) is -0.622. The van der Waals surface area contributed by atoms with E-state index in [0.29, 0.717) is 0 Å². The first-order valence-electron chi connectivity index (χ1n) is 16.0. The maximum Gasteiger partial charge on any atom is 0.408 e. The second-order valence-electron chi connectivity index (χ2n) is 13.9. The second kappa shape index (κ2) is 18.1. The Labute approximate surface area is 278 Å². The summed E-state index contributed by atoms with van der Waals surface area (Å²) in [5.41, 5.74) is 0.00921. The average Bonchev–Trinajstić information content (AvgIpc) is 2.96. The van der Waals surface area contributed by atoms with E-state index in [1.165, 1.54) is 0 Å². The van der Waals surface area contributed by atoms with Crippen molar-refractivity contribution in [2.45, 2.75) is 117 Å². The van der Waals surface area contributed by atoms with E-state index in [-0.39, 0.29) is 38.2 Å². The number of hydrogen-bond acceptors (Lipinski definition) is 8. The fourth-order valence-corrected chi connectivity index (χ4v) is 4.49. The van der Waals surface area contributed by atoms with Gasteiger partial charge in [-0.05, 0) is 71.4 Å². The van der Waals surface area contributed by atoms with Crippen LogP contribution in [0.2, 0.25) is 0 Å². The number of ether oxygens (including phenoxy) is 3. The van der Waals surface area contributed by atoms with Gasteiger partial charge in [-0.1, -0.05) is 74.5 Å². The fraction of sp³-hybridized carbons (Fsp3) is 0.528. The molecule has 0 aliphatic carbocycles. The third-order valence-corrected chi connectivity index (χ3v) is 6.51. The molecule has 0 spiro atoms. The van der Waals surface area contributed by atoms with Gasteiger partial charge in [0, 0.05) is 12.8 Å². The van der Waals surface area contributed by atoms with Gasteiger partial charge in [0.2, 0.25) is 11.8 Å². The molecule has 3 amide bonds. The molecule has 3 N–H and O–H groups in total. The van der Waals surface area contributed by atoms with Crippen LogP contribution in [0.25, 0.3) is 0 Å². The standard InChI is InChI=1S/C36H51N3O8/c1-24(2)21-28(31(41)37-27(33(43)47-36(6,7)8)19-20-30(40)46-35(3,4)5)38-32(42)29(22-25-15-11-9-12-16-25)39-34(44)45-23-26-17-13-10-14-18-26/h9-18,24,27-29H,19-23H2,1-8H3,(H,37,41)(H,38,42)(H,39,44). The minimum atomic E-state index is -1.17. The van der Waals surface area contributed by atoms with Crippen LogP contribution in [0.3, 0.4) is 0 Å². The lowest BCUT2D eigenvalue weighted by Gasteiger charge is -2.28. The Balaban J connectivity index is 2.23. The zero-order valence-corrected chi connectivity index (χ0v) is 28.9. The van der Waals surface area contributed by atoms with Crippen molar-refractivity contribution in [1.29, 1.82) is 0 Å². The Morgan fingerprint density at radius 3 is 1.70 bits per heavy atom. The molecule has 2 aromatic rings. The number of esters is 2. The smallest absolute Gasteiger partial charge is 0.408 e. The first kappa shape index (κ1) is 38.8. The highest BCUT2D eigenvalue weighted by Gasteiger charge is 2.33. The van der Waals surface area contributed by atoms with Gasteiger partial charge in [-0.15, -0.1) is 0 Å². The van der Waals surface area contributed by atoms with Crippen molar-refractivity contribution in [2.24, 2.45) is 5.92 Å². The first-order chi connectivity index (χ1) is 21.9. The number of carbonyl (C=O) groups is 5. The van der Waals surface area contributed by atoms with Gasteiger partial charge in [0.15, 0.2) is 0 Å². The number of hydrogen-bond donors (Lipinski definition) is 3. The van der Waals surface area contributed by atoms with Crippen molar-refractivity contribution in [2.75, 3.05) is 0 Å². The number of alkyl carbamates (subject to hydrolysis) is 1. The fourth-order valence-electron chi connectivity index (χ4n) is 4.49. The first-order valence-corrected chi connectivity index (χ1v) is 16.0. The summed E-state index contributed by atoms with van der Waals surface area (Å²) < 4.78 is 16.3. The van der Waals surface area contributed by atoms with Crippen molar-refractivity contribution >= 4 is 29.8 Å². The maximum absolute atomic E-state index is 13.7. The van der Waals surface area contributed by atoms with Gasteiger partial charge in [0.1, 0.15) is 35.9 Å². The summed E-state index contributed by atoms with van der Waals surface area (Å²) in [6, 6.07) is 15.0. The van der Waals surface area contributed by atoms with E-state index in [4.69, 9.17) is 14.2 Å². The average molecular weight is 654 g/mol. The number of carbonyl (C=O) groups excluding carboxylic acids is 5. The maximum atomic E-state index is 13.7. The van der Waals surface area contributed by atoms with Crippen molar-refractivity contribution < 1.29 is 38.2 Å². The largest absolute Gasteiger partial charge is 0.460 e. The van der Waals surface area contributed by atoms with Crippen LogP contribution in [-0.4, -0.2) is 59.2 Å². The molecule has 0 saturated heterocycles. The van der Waals surface area contributed by atoms with Crippen molar-refractivity contribution in [3.8, 4) is 0 Å². The molecule has 0 aromatic heterocycles. The second-order valence-corrected chi connectivity index (χ2v) is 13.9. The predicted molar refractivity (Wildman–Crippen MR) is 178 cm³/mol. The van der Waals surface area contributed by atoms with Gasteiger partial charge in [-0.3, -0.25) is 14.4 Å². The summed E-state index contributed by atoms with van der Waals surface area (Å²) in [4.78, 5) is 65.7. The summed E-state index contributed by atoms with van der Waals surface area (Å²) in [7, 11) is 0. The lowest BCUT2D eigenvalue weighted by atomic mass is 10.0.